The third kappa shape index (κ3) is 6.55. The second kappa shape index (κ2) is 7.41. The smallest absolute Gasteiger partial charge is 0.320 e. The number of hydrogen-bond donors (Lipinski definition) is 4. The van der Waals surface area contributed by atoms with Crippen LogP contribution in [-0.4, -0.2) is 38.2 Å². The van der Waals surface area contributed by atoms with Crippen LogP contribution in [0, 0.1) is 0 Å². The third-order valence-electron chi connectivity index (χ3n) is 1.60. The maximum absolute atomic E-state index is 10.3. The maximum Gasteiger partial charge on any atom is 0.320 e. The Labute approximate surface area is 92.3 Å². The highest BCUT2D eigenvalue weighted by molar-refractivity contribution is 5.73. The van der Waals surface area contributed by atoms with Crippen LogP contribution in [0.5, 0.6) is 0 Å². The van der Waals surface area contributed by atoms with E-state index in [0.717, 1.165) is 0 Å². The normalized spacial score (nSPS) is 11.1. The van der Waals surface area contributed by atoms with Gasteiger partial charge in [0.1, 0.15) is 6.04 Å². The van der Waals surface area contributed by atoms with Gasteiger partial charge >= 0.3 is 11.9 Å². The highest BCUT2D eigenvalue weighted by atomic mass is 16.4. The lowest BCUT2D eigenvalue weighted by Crippen LogP contribution is -2.32. The summed E-state index contributed by atoms with van der Waals surface area (Å²) in [6, 6.07) is -0.863. The van der Waals surface area contributed by atoms with Crippen LogP contribution in [0.15, 0.2) is 12.5 Å². The summed E-state index contributed by atoms with van der Waals surface area (Å²) in [7, 11) is 0. The minimum absolute atomic E-state index is 0.222. The molecule has 0 aliphatic rings. The molecule has 7 heteroatoms. The molecule has 1 atom stereocenters. The maximum atomic E-state index is 10.3. The summed E-state index contributed by atoms with van der Waals surface area (Å²) in [5.41, 5.74) is 5.92. The Morgan fingerprint density at radius 3 is 2.44 bits per heavy atom. The fourth-order valence-corrected chi connectivity index (χ4v) is 0.715. The van der Waals surface area contributed by atoms with Crippen molar-refractivity contribution in [3.05, 3.63) is 18.2 Å². The van der Waals surface area contributed by atoms with E-state index >= 15 is 0 Å². The number of hydrogen-bond acceptors (Lipinski definition) is 4. The van der Waals surface area contributed by atoms with Crippen LogP contribution >= 0.6 is 0 Å². The molecule has 0 saturated heterocycles. The molecule has 0 aliphatic carbocycles. The Balaban J connectivity index is 0.000000385. The number of imidazole rings is 1. The predicted octanol–water partition coefficient (Wildman–Crippen LogP) is -0.155. The summed E-state index contributed by atoms with van der Waals surface area (Å²) in [5.74, 6) is -1.75. The van der Waals surface area contributed by atoms with E-state index in [9.17, 15) is 9.59 Å². The van der Waals surface area contributed by atoms with Gasteiger partial charge in [-0.25, -0.2) is 4.98 Å². The molecular weight excluding hydrogens is 214 g/mol. The molecule has 0 aromatic carbocycles. The number of nitrogens with two attached hydrogens (primary N) is 1. The summed E-state index contributed by atoms with van der Waals surface area (Å²) < 4.78 is 0. The Morgan fingerprint density at radius 1 is 1.56 bits per heavy atom. The average molecular weight is 229 g/mol. The Morgan fingerprint density at radius 2 is 2.12 bits per heavy atom. The molecule has 0 aliphatic heterocycles. The molecule has 0 saturated carbocycles. The number of aliphatic carboxylic acids is 2. The molecule has 90 valence electrons. The van der Waals surface area contributed by atoms with Gasteiger partial charge in [-0.2, -0.15) is 0 Å². The molecule has 0 amide bonds. The van der Waals surface area contributed by atoms with E-state index in [2.05, 4.69) is 9.97 Å². The van der Waals surface area contributed by atoms with Gasteiger partial charge in [0.25, 0.3) is 0 Å². The number of carboxylic acids is 2. The Bertz CT molecular complexity index is 324. The van der Waals surface area contributed by atoms with Crippen molar-refractivity contribution in [2.24, 2.45) is 5.73 Å². The van der Waals surface area contributed by atoms with Crippen molar-refractivity contribution in [3.63, 3.8) is 0 Å². The molecule has 1 aromatic rings. The van der Waals surface area contributed by atoms with Crippen LogP contribution in [0.2, 0.25) is 0 Å². The Kier molecular flexibility index (Phi) is 6.53. The second-order valence-electron chi connectivity index (χ2n) is 2.96. The zero-order chi connectivity index (χ0) is 12.6. The van der Waals surface area contributed by atoms with E-state index in [1.54, 1.807) is 13.1 Å². The molecule has 0 fully saturated rings. The lowest BCUT2D eigenvalue weighted by atomic mass is 10.2. The van der Waals surface area contributed by atoms with Crippen molar-refractivity contribution in [3.8, 4) is 0 Å². The summed E-state index contributed by atoms with van der Waals surface area (Å²) in [6.45, 7) is 1.60. The molecular formula is C9H15N3O4. The lowest BCUT2D eigenvalue weighted by Gasteiger charge is -2.01. The SMILES string of the molecule is CCC(=O)O.NC(Cc1c[nH]cn1)C(=O)O. The highest BCUT2D eigenvalue weighted by Gasteiger charge is 2.12. The first-order valence-corrected chi connectivity index (χ1v) is 4.65. The minimum atomic E-state index is -1.01. The first-order chi connectivity index (χ1) is 7.47. The lowest BCUT2D eigenvalue weighted by molar-refractivity contribution is -0.138. The van der Waals surface area contributed by atoms with Crippen LogP contribution in [0.3, 0.4) is 0 Å². The number of rotatable bonds is 4. The number of carboxylic acid groups (broad SMARTS) is 2. The van der Waals surface area contributed by atoms with Gasteiger partial charge in [-0.05, 0) is 0 Å². The largest absolute Gasteiger partial charge is 0.481 e. The van der Waals surface area contributed by atoms with E-state index in [1.807, 2.05) is 0 Å². The quantitative estimate of drug-likeness (QED) is 0.568. The zero-order valence-corrected chi connectivity index (χ0v) is 8.88. The van der Waals surface area contributed by atoms with Crippen molar-refractivity contribution in [2.45, 2.75) is 25.8 Å². The molecule has 1 aromatic heterocycles. The zero-order valence-electron chi connectivity index (χ0n) is 8.88. The fraction of sp³-hybridized carbons (Fsp3) is 0.444. The van der Waals surface area contributed by atoms with Crippen molar-refractivity contribution < 1.29 is 19.8 Å². The van der Waals surface area contributed by atoms with Gasteiger partial charge in [-0.15, -0.1) is 0 Å². The topological polar surface area (TPSA) is 129 Å². The first kappa shape index (κ1) is 14.1. The van der Waals surface area contributed by atoms with Crippen LogP contribution in [0.4, 0.5) is 0 Å². The van der Waals surface area contributed by atoms with Crippen molar-refractivity contribution in [1.29, 1.82) is 0 Å². The molecule has 7 nitrogen and oxygen atoms in total. The molecule has 1 rings (SSSR count). The van der Waals surface area contributed by atoms with Crippen molar-refractivity contribution in [2.75, 3.05) is 0 Å². The molecule has 0 radical (unpaired) electrons. The number of carbonyl (C=O) groups is 2. The second-order valence-corrected chi connectivity index (χ2v) is 2.96. The van der Waals surface area contributed by atoms with Crippen molar-refractivity contribution >= 4 is 11.9 Å². The van der Waals surface area contributed by atoms with Gasteiger partial charge in [-0.3, -0.25) is 9.59 Å². The minimum Gasteiger partial charge on any atom is -0.481 e. The number of nitrogens with zero attached hydrogens (tertiary/aromatic N) is 1. The molecule has 1 heterocycles. The molecule has 1 unspecified atom stereocenters. The van der Waals surface area contributed by atoms with Gasteiger partial charge in [0, 0.05) is 19.0 Å². The van der Waals surface area contributed by atoms with Gasteiger partial charge in [0.15, 0.2) is 0 Å². The van der Waals surface area contributed by atoms with Gasteiger partial charge < -0.3 is 20.9 Å². The molecule has 0 spiro atoms. The summed E-state index contributed by atoms with van der Waals surface area (Å²) in [4.78, 5) is 26.2. The van der Waals surface area contributed by atoms with Crippen LogP contribution < -0.4 is 5.73 Å². The molecule has 5 N–H and O–H groups in total. The van der Waals surface area contributed by atoms with Gasteiger partial charge in [0.05, 0.1) is 12.0 Å². The number of aromatic amines is 1. The van der Waals surface area contributed by atoms with Crippen LogP contribution in [-0.2, 0) is 16.0 Å². The number of H-pyrrole nitrogens is 1. The number of nitrogens with one attached hydrogen (secondary N) is 1. The average Bonchev–Trinajstić information content (AvgIpc) is 2.71. The van der Waals surface area contributed by atoms with Gasteiger partial charge in [-0.1, -0.05) is 6.92 Å². The van der Waals surface area contributed by atoms with E-state index in [1.165, 1.54) is 6.33 Å². The fourth-order valence-electron chi connectivity index (χ4n) is 0.715. The van der Waals surface area contributed by atoms with Crippen LogP contribution in [0.25, 0.3) is 0 Å². The highest BCUT2D eigenvalue weighted by Crippen LogP contribution is 1.95. The van der Waals surface area contributed by atoms with E-state index in [4.69, 9.17) is 15.9 Å². The van der Waals surface area contributed by atoms with Crippen molar-refractivity contribution in [1.82, 2.24) is 9.97 Å². The van der Waals surface area contributed by atoms with E-state index < -0.39 is 18.0 Å². The molecule has 16 heavy (non-hydrogen) atoms. The molecule has 0 bridgehead atoms. The Hall–Kier alpha value is -1.89. The van der Waals surface area contributed by atoms with E-state index in [0.29, 0.717) is 5.69 Å². The summed E-state index contributed by atoms with van der Waals surface area (Å²) in [5, 5.41) is 16.1. The standard InChI is InChI=1S/C6H9N3O2.C3H6O2/c7-5(6(10)11)1-4-2-8-3-9-4;1-2-3(4)5/h2-3,5H,1,7H2,(H,8,9)(H,10,11);2H2,1H3,(H,4,5). The summed E-state index contributed by atoms with van der Waals surface area (Å²) in [6.07, 6.45) is 3.60. The first-order valence-electron chi connectivity index (χ1n) is 4.65. The monoisotopic (exact) mass is 229 g/mol. The predicted molar refractivity (Wildman–Crippen MR) is 55.8 cm³/mol. The number of aromatic nitrogens is 2. The van der Waals surface area contributed by atoms with Crippen LogP contribution in [0.1, 0.15) is 19.0 Å². The summed E-state index contributed by atoms with van der Waals surface area (Å²) >= 11 is 0. The van der Waals surface area contributed by atoms with E-state index in [-0.39, 0.29) is 12.8 Å². The third-order valence-corrected chi connectivity index (χ3v) is 1.60. The van der Waals surface area contributed by atoms with Gasteiger partial charge in [0.2, 0.25) is 0 Å².